The topological polar surface area (TPSA) is 70.5 Å². The minimum Gasteiger partial charge on any atom is -0.486 e. The number of hydrogen-bond acceptors (Lipinski definition) is 5. The van der Waals surface area contributed by atoms with E-state index in [0.717, 1.165) is 16.9 Å². The van der Waals surface area contributed by atoms with E-state index in [-0.39, 0.29) is 6.10 Å². The summed E-state index contributed by atoms with van der Waals surface area (Å²) in [5, 5.41) is 3.66. The van der Waals surface area contributed by atoms with E-state index < -0.39 is 0 Å². The van der Waals surface area contributed by atoms with Gasteiger partial charge in [-0.05, 0) is 17.7 Å². The zero-order valence-electron chi connectivity index (χ0n) is 9.13. The Kier molecular flexibility index (Phi) is 2.45. The molecule has 0 radical (unpaired) electrons. The van der Waals surface area contributed by atoms with Crippen LogP contribution < -0.4 is 10.5 Å². The van der Waals surface area contributed by atoms with E-state index in [4.69, 9.17) is 19.7 Å². The van der Waals surface area contributed by atoms with Gasteiger partial charge in [-0.3, -0.25) is 0 Å². The second kappa shape index (κ2) is 4.10. The molecule has 1 saturated heterocycles. The summed E-state index contributed by atoms with van der Waals surface area (Å²) in [5.41, 5.74) is 7.38. The molecule has 1 aliphatic rings. The first-order chi connectivity index (χ1) is 8.33. The van der Waals surface area contributed by atoms with Crippen molar-refractivity contribution in [3.63, 3.8) is 0 Å². The third-order valence-corrected chi connectivity index (χ3v) is 2.65. The molecule has 0 amide bonds. The van der Waals surface area contributed by atoms with Crippen LogP contribution in [0.5, 0.6) is 5.75 Å². The van der Waals surface area contributed by atoms with E-state index in [2.05, 4.69) is 5.16 Å². The van der Waals surface area contributed by atoms with E-state index in [1.54, 1.807) is 6.20 Å². The molecule has 0 aliphatic carbocycles. The highest BCUT2D eigenvalue weighted by Gasteiger charge is 2.20. The molecule has 2 heterocycles. The molecule has 1 fully saturated rings. The number of nitrogen functional groups attached to an aromatic ring is 1. The zero-order valence-corrected chi connectivity index (χ0v) is 9.13. The first-order valence-corrected chi connectivity index (χ1v) is 5.38. The number of anilines is 1. The maximum Gasteiger partial charge on any atom is 0.229 e. The van der Waals surface area contributed by atoms with E-state index >= 15 is 0 Å². The highest BCUT2D eigenvalue weighted by atomic mass is 16.6. The summed E-state index contributed by atoms with van der Waals surface area (Å²) < 4.78 is 15.6. The van der Waals surface area contributed by atoms with Crippen molar-refractivity contribution < 1.29 is 14.0 Å². The average Bonchev–Trinajstić information content (AvgIpc) is 2.71. The third kappa shape index (κ3) is 1.97. The third-order valence-electron chi connectivity index (χ3n) is 2.65. The number of rotatable bonds is 3. The van der Waals surface area contributed by atoms with Crippen LogP contribution in [0, 0.1) is 0 Å². The lowest BCUT2D eigenvalue weighted by Crippen LogP contribution is -2.38. The molecule has 5 nitrogen and oxygen atoms in total. The Hall–Kier alpha value is -2.01. The van der Waals surface area contributed by atoms with Crippen molar-refractivity contribution in [3.8, 4) is 16.9 Å². The van der Waals surface area contributed by atoms with Crippen LogP contribution in [0.25, 0.3) is 11.1 Å². The van der Waals surface area contributed by atoms with Crippen molar-refractivity contribution in [1.29, 1.82) is 0 Å². The van der Waals surface area contributed by atoms with Crippen LogP contribution in [0.1, 0.15) is 0 Å². The molecule has 3 rings (SSSR count). The standard InChI is InChI=1S/C12H12N2O3/c13-12-11(5-14-17-12)8-2-1-3-9(4-8)16-10-6-15-7-10/h1-5,10H,6-7,13H2. The van der Waals surface area contributed by atoms with Crippen LogP contribution in [0.3, 0.4) is 0 Å². The normalized spacial score (nSPS) is 15.5. The molecule has 1 aromatic carbocycles. The molecule has 0 saturated carbocycles. The molecular formula is C12H12N2O3. The van der Waals surface area contributed by atoms with Gasteiger partial charge in [0.1, 0.15) is 11.9 Å². The summed E-state index contributed by atoms with van der Waals surface area (Å²) in [6.07, 6.45) is 1.76. The lowest BCUT2D eigenvalue weighted by atomic mass is 10.1. The van der Waals surface area contributed by atoms with Crippen LogP contribution in [0.2, 0.25) is 0 Å². The van der Waals surface area contributed by atoms with Crippen molar-refractivity contribution in [2.45, 2.75) is 6.10 Å². The molecule has 1 aromatic heterocycles. The highest BCUT2D eigenvalue weighted by Crippen LogP contribution is 2.28. The zero-order chi connectivity index (χ0) is 11.7. The molecule has 0 bridgehead atoms. The van der Waals surface area contributed by atoms with Gasteiger partial charge in [0.25, 0.3) is 0 Å². The fourth-order valence-electron chi connectivity index (χ4n) is 1.68. The van der Waals surface area contributed by atoms with Crippen molar-refractivity contribution in [3.05, 3.63) is 30.5 Å². The Morgan fingerprint density at radius 1 is 1.35 bits per heavy atom. The van der Waals surface area contributed by atoms with E-state index in [1.807, 2.05) is 24.3 Å². The van der Waals surface area contributed by atoms with Gasteiger partial charge in [0, 0.05) is 0 Å². The van der Waals surface area contributed by atoms with Crippen molar-refractivity contribution >= 4 is 5.88 Å². The van der Waals surface area contributed by atoms with Gasteiger partial charge in [-0.25, -0.2) is 0 Å². The maximum absolute atomic E-state index is 5.71. The fraction of sp³-hybridized carbons (Fsp3) is 0.250. The van der Waals surface area contributed by atoms with Gasteiger partial charge in [0.05, 0.1) is 25.0 Å². The molecule has 2 N–H and O–H groups in total. The van der Waals surface area contributed by atoms with Gasteiger partial charge in [0.15, 0.2) is 0 Å². The molecular weight excluding hydrogens is 220 g/mol. The molecule has 17 heavy (non-hydrogen) atoms. The van der Waals surface area contributed by atoms with Crippen molar-refractivity contribution in [2.24, 2.45) is 0 Å². The smallest absolute Gasteiger partial charge is 0.229 e. The van der Waals surface area contributed by atoms with Gasteiger partial charge in [-0.2, -0.15) is 0 Å². The van der Waals surface area contributed by atoms with Gasteiger partial charge in [-0.1, -0.05) is 17.3 Å². The summed E-state index contributed by atoms with van der Waals surface area (Å²) in [6, 6.07) is 7.68. The Bertz CT molecular complexity index is 520. The Balaban J connectivity index is 1.85. The minimum absolute atomic E-state index is 0.157. The highest BCUT2D eigenvalue weighted by molar-refractivity contribution is 5.72. The number of aromatic nitrogens is 1. The summed E-state index contributed by atoms with van der Waals surface area (Å²) in [7, 11) is 0. The summed E-state index contributed by atoms with van der Waals surface area (Å²) in [5.74, 6) is 1.12. The number of ether oxygens (including phenoxy) is 2. The lowest BCUT2D eigenvalue weighted by Gasteiger charge is -2.26. The second-order valence-electron chi connectivity index (χ2n) is 3.91. The number of benzene rings is 1. The van der Waals surface area contributed by atoms with E-state index in [9.17, 15) is 0 Å². The number of nitrogens with two attached hydrogens (primary N) is 1. The molecule has 0 atom stereocenters. The van der Waals surface area contributed by atoms with Gasteiger partial charge >= 0.3 is 0 Å². The summed E-state index contributed by atoms with van der Waals surface area (Å²) in [4.78, 5) is 0. The largest absolute Gasteiger partial charge is 0.486 e. The quantitative estimate of drug-likeness (QED) is 0.872. The lowest BCUT2D eigenvalue weighted by molar-refractivity contribution is -0.0796. The van der Waals surface area contributed by atoms with Crippen LogP contribution in [-0.2, 0) is 4.74 Å². The molecule has 0 unspecified atom stereocenters. The van der Waals surface area contributed by atoms with E-state index in [1.165, 1.54) is 0 Å². The predicted molar refractivity (Wildman–Crippen MR) is 61.6 cm³/mol. The van der Waals surface area contributed by atoms with Gasteiger partial charge < -0.3 is 19.7 Å². The first kappa shape index (κ1) is 10.2. The van der Waals surface area contributed by atoms with Crippen LogP contribution in [0.15, 0.2) is 35.0 Å². The maximum atomic E-state index is 5.71. The monoisotopic (exact) mass is 232 g/mol. The molecule has 88 valence electrons. The second-order valence-corrected chi connectivity index (χ2v) is 3.91. The average molecular weight is 232 g/mol. The minimum atomic E-state index is 0.157. The van der Waals surface area contributed by atoms with Gasteiger partial charge in [0.2, 0.25) is 5.88 Å². The Morgan fingerprint density at radius 2 is 2.24 bits per heavy atom. The van der Waals surface area contributed by atoms with Crippen LogP contribution in [-0.4, -0.2) is 24.5 Å². The Morgan fingerprint density at radius 3 is 2.88 bits per heavy atom. The molecule has 0 spiro atoms. The molecule has 5 heteroatoms. The predicted octanol–water partition coefficient (Wildman–Crippen LogP) is 1.70. The molecule has 2 aromatic rings. The summed E-state index contributed by atoms with van der Waals surface area (Å²) >= 11 is 0. The van der Waals surface area contributed by atoms with Crippen LogP contribution in [0.4, 0.5) is 5.88 Å². The summed E-state index contributed by atoms with van der Waals surface area (Å²) in [6.45, 7) is 1.30. The van der Waals surface area contributed by atoms with E-state index in [0.29, 0.717) is 19.1 Å². The van der Waals surface area contributed by atoms with Crippen molar-refractivity contribution in [1.82, 2.24) is 5.16 Å². The van der Waals surface area contributed by atoms with Crippen molar-refractivity contribution in [2.75, 3.05) is 18.9 Å². The number of nitrogens with zero attached hydrogens (tertiary/aromatic N) is 1. The SMILES string of the molecule is Nc1oncc1-c1cccc(OC2COC2)c1. The Labute approximate surface area is 98.1 Å². The van der Waals surface area contributed by atoms with Gasteiger partial charge in [-0.15, -0.1) is 0 Å². The number of hydrogen-bond donors (Lipinski definition) is 1. The first-order valence-electron chi connectivity index (χ1n) is 5.38. The van der Waals surface area contributed by atoms with Crippen LogP contribution >= 0.6 is 0 Å². The molecule has 1 aliphatic heterocycles. The fourth-order valence-corrected chi connectivity index (χ4v) is 1.68.